The Kier molecular flexibility index (Phi) is 3.53. The number of hydrogen-bond donors (Lipinski definition) is 1. The van der Waals surface area contributed by atoms with Crippen LogP contribution in [0, 0.1) is 0 Å². The number of carboxylic acid groups (broad SMARTS) is 1. The van der Waals surface area contributed by atoms with Crippen LogP contribution in [0.3, 0.4) is 0 Å². The molecule has 1 saturated heterocycles. The number of carbonyl (C=O) groups is 1. The highest BCUT2D eigenvalue weighted by Gasteiger charge is 2.18. The number of hydrogen-bond acceptors (Lipinski definition) is 5. The van der Waals surface area contributed by atoms with E-state index in [0.717, 1.165) is 25.5 Å². The Morgan fingerprint density at radius 3 is 3.19 bits per heavy atom. The van der Waals surface area contributed by atoms with Crippen LogP contribution in [0.25, 0.3) is 0 Å². The highest BCUT2D eigenvalue weighted by molar-refractivity contribution is 5.88. The van der Waals surface area contributed by atoms with Crippen LogP contribution in [-0.2, 0) is 16.1 Å². The van der Waals surface area contributed by atoms with Crippen LogP contribution < -0.4 is 0 Å². The Hall–Kier alpha value is -1.40. The third-order valence-corrected chi connectivity index (χ3v) is 2.42. The van der Waals surface area contributed by atoms with E-state index in [1.807, 2.05) is 0 Å². The molecule has 0 spiro atoms. The molecule has 1 N–H and O–H groups in total. The van der Waals surface area contributed by atoms with E-state index in [2.05, 4.69) is 9.68 Å². The molecule has 6 nitrogen and oxygen atoms in total. The standard InChI is InChI=1S/C10H13NO5/c12-10(13)7-5-16-11-8(7)6-15-9-3-1-2-4-14-9/h5,9H,1-4,6H2,(H,12,13). The van der Waals surface area contributed by atoms with Gasteiger partial charge in [-0.3, -0.25) is 0 Å². The van der Waals surface area contributed by atoms with Crippen molar-refractivity contribution >= 4 is 5.97 Å². The first-order chi connectivity index (χ1) is 7.77. The van der Waals surface area contributed by atoms with E-state index in [-0.39, 0.29) is 18.5 Å². The zero-order valence-corrected chi connectivity index (χ0v) is 8.72. The molecule has 0 radical (unpaired) electrons. The van der Waals surface area contributed by atoms with Gasteiger partial charge in [0.05, 0.1) is 6.61 Å². The summed E-state index contributed by atoms with van der Waals surface area (Å²) >= 11 is 0. The number of ether oxygens (including phenoxy) is 2. The van der Waals surface area contributed by atoms with E-state index in [4.69, 9.17) is 14.6 Å². The smallest absolute Gasteiger partial charge is 0.341 e. The summed E-state index contributed by atoms with van der Waals surface area (Å²) < 4.78 is 15.4. The van der Waals surface area contributed by atoms with Crippen LogP contribution in [0.4, 0.5) is 0 Å². The third-order valence-electron chi connectivity index (χ3n) is 2.42. The Morgan fingerprint density at radius 2 is 2.50 bits per heavy atom. The lowest BCUT2D eigenvalue weighted by molar-refractivity contribution is -0.169. The highest BCUT2D eigenvalue weighted by atomic mass is 16.7. The fraction of sp³-hybridized carbons (Fsp3) is 0.600. The second-order valence-corrected chi connectivity index (χ2v) is 3.59. The Balaban J connectivity index is 1.88. The zero-order valence-electron chi connectivity index (χ0n) is 8.72. The lowest BCUT2D eigenvalue weighted by Crippen LogP contribution is -2.22. The molecule has 1 aliphatic heterocycles. The van der Waals surface area contributed by atoms with E-state index in [1.165, 1.54) is 0 Å². The molecule has 16 heavy (non-hydrogen) atoms. The quantitative estimate of drug-likeness (QED) is 0.837. The molecule has 0 amide bonds. The topological polar surface area (TPSA) is 81.8 Å². The summed E-state index contributed by atoms with van der Waals surface area (Å²) in [7, 11) is 0. The summed E-state index contributed by atoms with van der Waals surface area (Å²) in [6.07, 6.45) is 3.79. The molecule has 1 atom stereocenters. The lowest BCUT2D eigenvalue weighted by Gasteiger charge is -2.22. The molecule has 0 bridgehead atoms. The van der Waals surface area contributed by atoms with E-state index < -0.39 is 5.97 Å². The number of rotatable bonds is 4. The van der Waals surface area contributed by atoms with E-state index >= 15 is 0 Å². The second-order valence-electron chi connectivity index (χ2n) is 3.59. The predicted octanol–water partition coefficient (Wildman–Crippen LogP) is 1.42. The predicted molar refractivity (Wildman–Crippen MR) is 51.8 cm³/mol. The van der Waals surface area contributed by atoms with Crippen LogP contribution >= 0.6 is 0 Å². The van der Waals surface area contributed by atoms with Gasteiger partial charge in [0.1, 0.15) is 17.5 Å². The van der Waals surface area contributed by atoms with Crippen LogP contribution in [0.1, 0.15) is 35.3 Å². The van der Waals surface area contributed by atoms with Crippen LogP contribution in [0.5, 0.6) is 0 Å². The summed E-state index contributed by atoms with van der Waals surface area (Å²) in [6.45, 7) is 0.790. The molecule has 1 aromatic heterocycles. The van der Waals surface area contributed by atoms with Crippen molar-refractivity contribution in [2.45, 2.75) is 32.2 Å². The van der Waals surface area contributed by atoms with Crippen molar-refractivity contribution in [2.24, 2.45) is 0 Å². The molecule has 0 saturated carbocycles. The fourth-order valence-corrected chi connectivity index (χ4v) is 1.55. The van der Waals surface area contributed by atoms with E-state index in [0.29, 0.717) is 12.3 Å². The molecule has 1 fully saturated rings. The first-order valence-corrected chi connectivity index (χ1v) is 5.17. The molecule has 1 aliphatic rings. The van der Waals surface area contributed by atoms with E-state index in [9.17, 15) is 4.79 Å². The average molecular weight is 227 g/mol. The van der Waals surface area contributed by atoms with Crippen molar-refractivity contribution in [2.75, 3.05) is 6.61 Å². The van der Waals surface area contributed by atoms with Gasteiger partial charge in [0, 0.05) is 6.61 Å². The van der Waals surface area contributed by atoms with Crippen molar-refractivity contribution in [3.05, 3.63) is 17.5 Å². The van der Waals surface area contributed by atoms with Crippen molar-refractivity contribution in [3.63, 3.8) is 0 Å². The maximum Gasteiger partial charge on any atom is 0.341 e. The summed E-state index contributed by atoms with van der Waals surface area (Å²) in [5, 5.41) is 12.4. The Labute approximate surface area is 92.1 Å². The van der Waals surface area contributed by atoms with Crippen molar-refractivity contribution in [1.29, 1.82) is 0 Å². The van der Waals surface area contributed by atoms with Gasteiger partial charge in [0.25, 0.3) is 0 Å². The fourth-order valence-electron chi connectivity index (χ4n) is 1.55. The second kappa shape index (κ2) is 5.09. The van der Waals surface area contributed by atoms with Gasteiger partial charge in [0.15, 0.2) is 6.29 Å². The molecule has 0 aliphatic carbocycles. The average Bonchev–Trinajstić information content (AvgIpc) is 2.76. The van der Waals surface area contributed by atoms with E-state index in [1.54, 1.807) is 0 Å². The normalized spacial score (nSPS) is 20.9. The minimum absolute atomic E-state index is 0.0378. The Bertz CT molecular complexity index is 356. The minimum atomic E-state index is -1.07. The maximum atomic E-state index is 10.7. The van der Waals surface area contributed by atoms with Gasteiger partial charge in [-0.25, -0.2) is 4.79 Å². The van der Waals surface area contributed by atoms with Gasteiger partial charge < -0.3 is 19.1 Å². The highest BCUT2D eigenvalue weighted by Crippen LogP contribution is 2.16. The van der Waals surface area contributed by atoms with Gasteiger partial charge in [-0.05, 0) is 19.3 Å². The number of nitrogens with zero attached hydrogens (tertiary/aromatic N) is 1. The number of aromatic nitrogens is 1. The van der Waals surface area contributed by atoms with Crippen molar-refractivity contribution < 1.29 is 23.9 Å². The van der Waals surface area contributed by atoms with Gasteiger partial charge in [-0.1, -0.05) is 5.16 Å². The lowest BCUT2D eigenvalue weighted by atomic mass is 10.2. The van der Waals surface area contributed by atoms with Crippen LogP contribution in [-0.4, -0.2) is 29.1 Å². The molecule has 0 aromatic carbocycles. The molecule has 6 heteroatoms. The van der Waals surface area contributed by atoms with Crippen molar-refractivity contribution in [3.8, 4) is 0 Å². The monoisotopic (exact) mass is 227 g/mol. The third kappa shape index (κ3) is 2.59. The minimum Gasteiger partial charge on any atom is -0.478 e. The van der Waals surface area contributed by atoms with Gasteiger partial charge in [-0.15, -0.1) is 0 Å². The van der Waals surface area contributed by atoms with Gasteiger partial charge in [0.2, 0.25) is 0 Å². The molecule has 2 heterocycles. The van der Waals surface area contributed by atoms with Crippen LogP contribution in [0.2, 0.25) is 0 Å². The first kappa shape index (κ1) is 11.1. The van der Waals surface area contributed by atoms with Gasteiger partial charge >= 0.3 is 5.97 Å². The first-order valence-electron chi connectivity index (χ1n) is 5.17. The zero-order chi connectivity index (χ0) is 11.4. The molecular weight excluding hydrogens is 214 g/mol. The molecule has 88 valence electrons. The molecule has 2 rings (SSSR count). The Morgan fingerprint density at radius 1 is 1.62 bits per heavy atom. The largest absolute Gasteiger partial charge is 0.478 e. The summed E-state index contributed by atoms with van der Waals surface area (Å²) in [5.41, 5.74) is 0.331. The van der Waals surface area contributed by atoms with Crippen LogP contribution in [0.15, 0.2) is 10.8 Å². The number of carboxylic acids is 1. The summed E-state index contributed by atoms with van der Waals surface area (Å²) in [6, 6.07) is 0. The molecule has 1 unspecified atom stereocenters. The van der Waals surface area contributed by atoms with Crippen molar-refractivity contribution in [1.82, 2.24) is 5.16 Å². The summed E-state index contributed by atoms with van der Waals surface area (Å²) in [4.78, 5) is 10.7. The van der Waals surface area contributed by atoms with Gasteiger partial charge in [-0.2, -0.15) is 0 Å². The molecular formula is C10H13NO5. The summed E-state index contributed by atoms with van der Waals surface area (Å²) in [5.74, 6) is -1.07. The number of aromatic carboxylic acids is 1. The maximum absolute atomic E-state index is 10.7. The molecule has 1 aromatic rings. The SMILES string of the molecule is O=C(O)c1conc1COC1CCCCO1.